The van der Waals surface area contributed by atoms with E-state index in [9.17, 15) is 9.59 Å². The van der Waals surface area contributed by atoms with Crippen molar-refractivity contribution in [2.45, 2.75) is 25.3 Å². The fourth-order valence-electron chi connectivity index (χ4n) is 4.24. The molecular formula is C22H26N4O2. The third-order valence-corrected chi connectivity index (χ3v) is 5.80. The van der Waals surface area contributed by atoms with Crippen molar-refractivity contribution in [2.75, 3.05) is 31.1 Å². The van der Waals surface area contributed by atoms with E-state index in [2.05, 4.69) is 27.3 Å². The van der Waals surface area contributed by atoms with E-state index in [1.807, 2.05) is 23.1 Å². The van der Waals surface area contributed by atoms with Crippen molar-refractivity contribution in [3.8, 4) is 0 Å². The predicted molar refractivity (Wildman–Crippen MR) is 108 cm³/mol. The molecular weight excluding hydrogens is 352 g/mol. The van der Waals surface area contributed by atoms with Gasteiger partial charge in [-0.2, -0.15) is 0 Å². The van der Waals surface area contributed by atoms with Gasteiger partial charge in [-0.3, -0.25) is 14.6 Å². The Labute approximate surface area is 165 Å². The number of carbonyl (C=O) groups is 2. The van der Waals surface area contributed by atoms with E-state index in [-0.39, 0.29) is 23.8 Å². The maximum absolute atomic E-state index is 13.1. The number of pyridine rings is 1. The van der Waals surface area contributed by atoms with Crippen molar-refractivity contribution in [3.05, 3.63) is 60.4 Å². The Balaban J connectivity index is 1.34. The number of hydrogen-bond donors (Lipinski definition) is 1. The standard InChI is InChI=1S/C22H26N4O2/c27-21(17-9-11-23-12-10-17)24-20-8-4-7-19(20)22(28)26-15-13-25(14-16-26)18-5-2-1-3-6-18/h1-3,5-6,9-12,19-20H,4,7-8,13-16H2,(H,24,27)/t19-,20+/m0/s1. The monoisotopic (exact) mass is 378 g/mol. The van der Waals surface area contributed by atoms with Crippen LogP contribution < -0.4 is 10.2 Å². The number of nitrogens with one attached hydrogen (secondary N) is 1. The van der Waals surface area contributed by atoms with E-state index < -0.39 is 0 Å². The molecule has 1 N–H and O–H groups in total. The van der Waals surface area contributed by atoms with E-state index >= 15 is 0 Å². The third-order valence-electron chi connectivity index (χ3n) is 5.80. The van der Waals surface area contributed by atoms with Crippen LogP contribution in [-0.4, -0.2) is 53.9 Å². The van der Waals surface area contributed by atoms with Crippen LogP contribution in [0.15, 0.2) is 54.9 Å². The molecule has 146 valence electrons. The number of aromatic nitrogens is 1. The van der Waals surface area contributed by atoms with Crippen molar-refractivity contribution in [1.29, 1.82) is 0 Å². The van der Waals surface area contributed by atoms with Gasteiger partial charge in [-0.1, -0.05) is 24.6 Å². The molecule has 6 heteroatoms. The molecule has 6 nitrogen and oxygen atoms in total. The molecule has 0 spiro atoms. The second-order valence-corrected chi connectivity index (χ2v) is 7.50. The largest absolute Gasteiger partial charge is 0.368 e. The molecule has 2 heterocycles. The van der Waals surface area contributed by atoms with Crippen molar-refractivity contribution in [3.63, 3.8) is 0 Å². The predicted octanol–water partition coefficient (Wildman–Crippen LogP) is 2.33. The molecule has 2 fully saturated rings. The van der Waals surface area contributed by atoms with Crippen LogP contribution in [0.4, 0.5) is 5.69 Å². The molecule has 1 aliphatic carbocycles. The maximum Gasteiger partial charge on any atom is 0.251 e. The van der Waals surface area contributed by atoms with Crippen LogP contribution >= 0.6 is 0 Å². The van der Waals surface area contributed by atoms with Gasteiger partial charge in [-0.25, -0.2) is 0 Å². The summed E-state index contributed by atoms with van der Waals surface area (Å²) in [4.78, 5) is 33.8. The zero-order valence-electron chi connectivity index (χ0n) is 16.0. The van der Waals surface area contributed by atoms with Gasteiger partial charge in [0.2, 0.25) is 5.91 Å². The summed E-state index contributed by atoms with van der Waals surface area (Å²) in [5, 5.41) is 3.08. The van der Waals surface area contributed by atoms with Crippen LogP contribution in [0.5, 0.6) is 0 Å². The third kappa shape index (κ3) is 4.01. The molecule has 4 rings (SSSR count). The number of anilines is 1. The van der Waals surface area contributed by atoms with Gasteiger partial charge in [0.25, 0.3) is 5.91 Å². The quantitative estimate of drug-likeness (QED) is 0.887. The van der Waals surface area contributed by atoms with Gasteiger partial charge in [-0.15, -0.1) is 0 Å². The summed E-state index contributed by atoms with van der Waals surface area (Å²) in [5.41, 5.74) is 1.79. The van der Waals surface area contributed by atoms with E-state index in [4.69, 9.17) is 0 Å². The highest BCUT2D eigenvalue weighted by Gasteiger charge is 2.37. The van der Waals surface area contributed by atoms with Crippen LogP contribution in [0.1, 0.15) is 29.6 Å². The second-order valence-electron chi connectivity index (χ2n) is 7.50. The maximum atomic E-state index is 13.1. The van der Waals surface area contributed by atoms with Crippen molar-refractivity contribution in [2.24, 2.45) is 5.92 Å². The fourth-order valence-corrected chi connectivity index (χ4v) is 4.24. The molecule has 2 aromatic rings. The van der Waals surface area contributed by atoms with Gasteiger partial charge in [0.1, 0.15) is 0 Å². The zero-order valence-corrected chi connectivity index (χ0v) is 16.0. The first-order valence-electron chi connectivity index (χ1n) is 10.0. The lowest BCUT2D eigenvalue weighted by Crippen LogP contribution is -2.52. The molecule has 1 saturated heterocycles. The van der Waals surface area contributed by atoms with Gasteiger partial charge >= 0.3 is 0 Å². The first kappa shape index (κ1) is 18.5. The van der Waals surface area contributed by atoms with Gasteiger partial charge in [0, 0.05) is 55.9 Å². The summed E-state index contributed by atoms with van der Waals surface area (Å²) < 4.78 is 0. The normalized spacial score (nSPS) is 22.1. The average molecular weight is 378 g/mol. The van der Waals surface area contributed by atoms with E-state index in [1.54, 1.807) is 24.5 Å². The molecule has 1 aliphatic heterocycles. The Hall–Kier alpha value is -2.89. The summed E-state index contributed by atoms with van der Waals surface area (Å²) in [5.74, 6) is -0.0553. The van der Waals surface area contributed by atoms with E-state index in [0.29, 0.717) is 5.56 Å². The number of benzene rings is 1. The van der Waals surface area contributed by atoms with Crippen LogP contribution in [0.2, 0.25) is 0 Å². The summed E-state index contributed by atoms with van der Waals surface area (Å²) in [6.07, 6.45) is 5.90. The van der Waals surface area contributed by atoms with Crippen LogP contribution in [0.25, 0.3) is 0 Å². The molecule has 0 unspecified atom stereocenters. The lowest BCUT2D eigenvalue weighted by Gasteiger charge is -2.38. The molecule has 2 aliphatic rings. The van der Waals surface area contributed by atoms with Gasteiger partial charge in [0.05, 0.1) is 5.92 Å². The fraction of sp³-hybridized carbons (Fsp3) is 0.409. The molecule has 28 heavy (non-hydrogen) atoms. The van der Waals surface area contributed by atoms with Crippen molar-refractivity contribution < 1.29 is 9.59 Å². The zero-order chi connectivity index (χ0) is 19.3. The Morgan fingerprint density at radius 2 is 1.64 bits per heavy atom. The van der Waals surface area contributed by atoms with Gasteiger partial charge in [-0.05, 0) is 37.1 Å². The minimum Gasteiger partial charge on any atom is -0.368 e. The second kappa shape index (κ2) is 8.42. The number of nitrogens with zero attached hydrogens (tertiary/aromatic N) is 3. The van der Waals surface area contributed by atoms with Gasteiger partial charge in [0.15, 0.2) is 0 Å². The van der Waals surface area contributed by atoms with Crippen LogP contribution in [0, 0.1) is 5.92 Å². The molecule has 0 radical (unpaired) electrons. The Morgan fingerprint density at radius 3 is 2.36 bits per heavy atom. The first-order valence-corrected chi connectivity index (χ1v) is 10.0. The highest BCUT2D eigenvalue weighted by atomic mass is 16.2. The van der Waals surface area contributed by atoms with E-state index in [1.165, 1.54) is 5.69 Å². The summed E-state index contributed by atoms with van der Waals surface area (Å²) in [6, 6.07) is 13.6. The Kier molecular flexibility index (Phi) is 5.55. The number of amides is 2. The summed E-state index contributed by atoms with van der Waals surface area (Å²) in [6.45, 7) is 3.15. The lowest BCUT2D eigenvalue weighted by molar-refractivity contribution is -0.136. The van der Waals surface area contributed by atoms with Crippen LogP contribution in [-0.2, 0) is 4.79 Å². The average Bonchev–Trinajstić information content (AvgIpc) is 3.22. The first-order chi connectivity index (χ1) is 13.7. The number of piperazine rings is 1. The highest BCUT2D eigenvalue weighted by Crippen LogP contribution is 2.28. The molecule has 1 aromatic heterocycles. The number of para-hydroxylation sites is 1. The van der Waals surface area contributed by atoms with E-state index in [0.717, 1.165) is 45.4 Å². The number of rotatable bonds is 4. The van der Waals surface area contributed by atoms with Crippen LogP contribution in [0.3, 0.4) is 0 Å². The topological polar surface area (TPSA) is 65.5 Å². The Bertz CT molecular complexity index is 804. The molecule has 1 saturated carbocycles. The highest BCUT2D eigenvalue weighted by molar-refractivity contribution is 5.94. The number of carbonyl (C=O) groups excluding carboxylic acids is 2. The molecule has 2 amide bonds. The Morgan fingerprint density at radius 1 is 0.929 bits per heavy atom. The van der Waals surface area contributed by atoms with Crippen molar-refractivity contribution >= 4 is 17.5 Å². The SMILES string of the molecule is O=C(N[C@@H]1CCC[C@@H]1C(=O)N1CCN(c2ccccc2)CC1)c1ccncc1. The molecule has 1 aromatic carbocycles. The van der Waals surface area contributed by atoms with Gasteiger partial charge < -0.3 is 15.1 Å². The molecule has 0 bridgehead atoms. The molecule has 2 atom stereocenters. The lowest BCUT2D eigenvalue weighted by atomic mass is 10.0. The van der Waals surface area contributed by atoms with Crippen molar-refractivity contribution in [1.82, 2.24) is 15.2 Å². The summed E-state index contributed by atoms with van der Waals surface area (Å²) in [7, 11) is 0. The summed E-state index contributed by atoms with van der Waals surface area (Å²) >= 11 is 0. The minimum atomic E-state index is -0.124. The number of hydrogen-bond acceptors (Lipinski definition) is 4. The smallest absolute Gasteiger partial charge is 0.251 e. The minimum absolute atomic E-state index is 0.0830.